The van der Waals surface area contributed by atoms with E-state index in [1.807, 2.05) is 0 Å². The van der Waals surface area contributed by atoms with Gasteiger partial charge in [-0.25, -0.2) is 0 Å². The van der Waals surface area contributed by atoms with Crippen LogP contribution in [0.25, 0.3) is 0 Å². The van der Waals surface area contributed by atoms with E-state index >= 15 is 0 Å². The molecule has 5 atom stereocenters. The Kier molecular flexibility index (Phi) is 14.0. The zero-order valence-electron chi connectivity index (χ0n) is 22.5. The summed E-state index contributed by atoms with van der Waals surface area (Å²) in [6, 6.07) is 3.87. The maximum absolute atomic E-state index is 13.0. The lowest BCUT2D eigenvalue weighted by molar-refractivity contribution is -0.141. The summed E-state index contributed by atoms with van der Waals surface area (Å²) >= 11 is 0. The quantitative estimate of drug-likeness (QED) is 0.136. The number of nitrogens with two attached hydrogens (primary N) is 2. The smallest absolute Gasteiger partial charge is 0.325 e. The molecule has 0 radical (unpaired) electrons. The molecule has 0 spiro atoms. The van der Waals surface area contributed by atoms with Crippen LogP contribution in [0.15, 0.2) is 30.3 Å². The van der Waals surface area contributed by atoms with Crippen LogP contribution in [0.1, 0.15) is 52.5 Å². The summed E-state index contributed by atoms with van der Waals surface area (Å²) in [6.07, 6.45) is 1.64. The first kappa shape index (κ1) is 32.5. The molecule has 1 rings (SSSR count). The first-order chi connectivity index (χ1) is 17.9. The molecule has 12 heteroatoms. The molecular formula is C26H42N6O6. The number of nitrogens with one attached hydrogen (secondary N) is 4. The van der Waals surface area contributed by atoms with Gasteiger partial charge < -0.3 is 37.8 Å². The van der Waals surface area contributed by atoms with Crippen molar-refractivity contribution in [3.8, 4) is 0 Å². The number of hydrogen-bond donors (Lipinski definition) is 7. The molecule has 9 N–H and O–H groups in total. The fraction of sp³-hybridized carbons (Fsp3) is 0.577. The highest BCUT2D eigenvalue weighted by molar-refractivity contribution is 5.95. The Bertz CT molecular complexity index is 941. The number of carbonyl (C=O) groups is 5. The lowest BCUT2D eigenvalue weighted by atomic mass is 10.0. The minimum Gasteiger partial charge on any atom is -0.480 e. The maximum Gasteiger partial charge on any atom is 0.325 e. The second-order valence-corrected chi connectivity index (χ2v) is 9.67. The third-order valence-corrected chi connectivity index (χ3v) is 6.00. The van der Waals surface area contributed by atoms with Gasteiger partial charge in [0.2, 0.25) is 23.6 Å². The number of carbonyl (C=O) groups excluding carboxylic acids is 4. The van der Waals surface area contributed by atoms with Crippen molar-refractivity contribution >= 4 is 29.6 Å². The van der Waals surface area contributed by atoms with Crippen molar-refractivity contribution in [1.29, 1.82) is 0 Å². The number of hydrogen-bond acceptors (Lipinski definition) is 7. The van der Waals surface area contributed by atoms with Gasteiger partial charge >= 0.3 is 5.97 Å². The first-order valence-electron chi connectivity index (χ1n) is 12.8. The van der Waals surface area contributed by atoms with E-state index in [1.165, 1.54) is 13.8 Å². The van der Waals surface area contributed by atoms with Crippen LogP contribution in [0, 0.1) is 5.92 Å². The number of rotatable bonds is 16. The van der Waals surface area contributed by atoms with Crippen LogP contribution in [0.4, 0.5) is 0 Å². The summed E-state index contributed by atoms with van der Waals surface area (Å²) < 4.78 is 0. The lowest BCUT2D eigenvalue weighted by Crippen LogP contribution is -2.58. The monoisotopic (exact) mass is 534 g/mol. The molecule has 0 fully saturated rings. The van der Waals surface area contributed by atoms with Crippen LogP contribution in [0.5, 0.6) is 0 Å². The average Bonchev–Trinajstić information content (AvgIpc) is 2.87. The standard InChI is InChI=1S/C26H42N6O6/c1-15(2)21(28)25(36)31-19(12-8-9-13-27)23(34)29-16(3)22(33)32-20(14-18-10-6-5-7-11-18)24(35)30-17(4)26(37)38/h5-7,10-11,15-17,19-21H,8-9,12-14,27-28H2,1-4H3,(H,29,34)(H,30,35)(H,31,36)(H,32,33)(H,37,38). The summed E-state index contributed by atoms with van der Waals surface area (Å²) in [7, 11) is 0. The van der Waals surface area contributed by atoms with E-state index < -0.39 is 59.8 Å². The second kappa shape index (κ2) is 16.4. The van der Waals surface area contributed by atoms with Gasteiger partial charge in [-0.1, -0.05) is 44.2 Å². The molecule has 0 heterocycles. The molecule has 0 aliphatic rings. The van der Waals surface area contributed by atoms with E-state index in [1.54, 1.807) is 44.2 Å². The number of aliphatic carboxylic acids is 1. The van der Waals surface area contributed by atoms with Crippen LogP contribution in [0.3, 0.4) is 0 Å². The lowest BCUT2D eigenvalue weighted by Gasteiger charge is -2.25. The van der Waals surface area contributed by atoms with Crippen molar-refractivity contribution in [2.24, 2.45) is 17.4 Å². The molecule has 0 aromatic heterocycles. The first-order valence-corrected chi connectivity index (χ1v) is 12.8. The van der Waals surface area contributed by atoms with Gasteiger partial charge in [0.15, 0.2) is 0 Å². The Morgan fingerprint density at radius 3 is 1.87 bits per heavy atom. The maximum atomic E-state index is 13.0. The summed E-state index contributed by atoms with van der Waals surface area (Å²) in [4.78, 5) is 62.4. The topological polar surface area (TPSA) is 206 Å². The molecule has 1 aromatic carbocycles. The largest absolute Gasteiger partial charge is 0.480 e. The fourth-order valence-electron chi connectivity index (χ4n) is 3.44. The van der Waals surface area contributed by atoms with Gasteiger partial charge in [-0.2, -0.15) is 0 Å². The predicted molar refractivity (Wildman–Crippen MR) is 143 cm³/mol. The molecule has 1 aromatic rings. The minimum atomic E-state index is -1.22. The molecule has 0 saturated heterocycles. The molecular weight excluding hydrogens is 492 g/mol. The number of unbranched alkanes of at least 4 members (excludes halogenated alkanes) is 1. The van der Waals surface area contributed by atoms with E-state index in [2.05, 4.69) is 21.3 Å². The SMILES string of the molecule is CC(NC(=O)C(Cc1ccccc1)NC(=O)C(C)NC(=O)C(CCCCN)NC(=O)C(N)C(C)C)C(=O)O. The predicted octanol–water partition coefficient (Wildman–Crippen LogP) is -0.595. The molecule has 0 saturated carbocycles. The van der Waals surface area contributed by atoms with Crippen LogP contribution >= 0.6 is 0 Å². The van der Waals surface area contributed by atoms with Gasteiger partial charge in [0.25, 0.3) is 0 Å². The fourth-order valence-corrected chi connectivity index (χ4v) is 3.44. The van der Waals surface area contributed by atoms with E-state index in [-0.39, 0.29) is 12.3 Å². The average molecular weight is 535 g/mol. The Morgan fingerprint density at radius 1 is 0.763 bits per heavy atom. The van der Waals surface area contributed by atoms with Crippen LogP contribution in [-0.4, -0.2) is 71.5 Å². The van der Waals surface area contributed by atoms with Gasteiger partial charge in [-0.3, -0.25) is 24.0 Å². The van der Waals surface area contributed by atoms with Crippen LogP contribution in [0.2, 0.25) is 0 Å². The zero-order valence-corrected chi connectivity index (χ0v) is 22.5. The van der Waals surface area contributed by atoms with E-state index in [4.69, 9.17) is 16.6 Å². The molecule has 5 unspecified atom stereocenters. The van der Waals surface area contributed by atoms with E-state index in [9.17, 15) is 24.0 Å². The van der Waals surface area contributed by atoms with Gasteiger partial charge in [-0.15, -0.1) is 0 Å². The normalized spacial score (nSPS) is 14.9. The van der Waals surface area contributed by atoms with Crippen LogP contribution < -0.4 is 32.7 Å². The van der Waals surface area contributed by atoms with Gasteiger partial charge in [-0.05, 0) is 51.1 Å². The van der Waals surface area contributed by atoms with Crippen molar-refractivity contribution in [2.75, 3.05) is 6.54 Å². The van der Waals surface area contributed by atoms with Crippen LogP contribution in [-0.2, 0) is 30.4 Å². The molecule has 12 nitrogen and oxygen atoms in total. The van der Waals surface area contributed by atoms with Crippen molar-refractivity contribution in [3.63, 3.8) is 0 Å². The Labute approximate surface area is 223 Å². The molecule has 38 heavy (non-hydrogen) atoms. The summed E-state index contributed by atoms with van der Waals surface area (Å²) in [5, 5.41) is 19.3. The number of amides is 4. The van der Waals surface area contributed by atoms with Gasteiger partial charge in [0.1, 0.15) is 24.2 Å². The summed E-state index contributed by atoms with van der Waals surface area (Å²) in [5.41, 5.74) is 12.2. The Balaban J connectivity index is 2.94. The highest BCUT2D eigenvalue weighted by Gasteiger charge is 2.29. The molecule has 0 aliphatic heterocycles. The second-order valence-electron chi connectivity index (χ2n) is 9.67. The van der Waals surface area contributed by atoms with Gasteiger partial charge in [0, 0.05) is 6.42 Å². The summed E-state index contributed by atoms with van der Waals surface area (Å²) in [5.74, 6) is -3.73. The number of carboxylic acid groups (broad SMARTS) is 1. The molecule has 0 bridgehead atoms. The van der Waals surface area contributed by atoms with E-state index in [0.29, 0.717) is 25.8 Å². The van der Waals surface area contributed by atoms with Crippen molar-refractivity contribution < 1.29 is 29.1 Å². The molecule has 0 aliphatic carbocycles. The van der Waals surface area contributed by atoms with Crippen molar-refractivity contribution in [2.45, 2.75) is 83.6 Å². The third kappa shape index (κ3) is 11.3. The number of benzene rings is 1. The highest BCUT2D eigenvalue weighted by atomic mass is 16.4. The van der Waals surface area contributed by atoms with E-state index in [0.717, 1.165) is 5.56 Å². The zero-order chi connectivity index (χ0) is 28.8. The molecule has 4 amide bonds. The van der Waals surface area contributed by atoms with Crippen molar-refractivity contribution in [1.82, 2.24) is 21.3 Å². The number of carboxylic acids is 1. The molecule has 212 valence electrons. The summed E-state index contributed by atoms with van der Waals surface area (Å²) in [6.45, 7) is 6.77. The third-order valence-electron chi connectivity index (χ3n) is 6.00. The van der Waals surface area contributed by atoms with Gasteiger partial charge in [0.05, 0.1) is 6.04 Å². The Morgan fingerprint density at radius 2 is 1.32 bits per heavy atom. The Hall–Kier alpha value is -3.51. The van der Waals surface area contributed by atoms with Crippen molar-refractivity contribution in [3.05, 3.63) is 35.9 Å². The highest BCUT2D eigenvalue weighted by Crippen LogP contribution is 2.07. The minimum absolute atomic E-state index is 0.107.